The van der Waals surface area contributed by atoms with Gasteiger partial charge in [-0.05, 0) is 31.2 Å². The third-order valence-corrected chi connectivity index (χ3v) is 1.69. The van der Waals surface area contributed by atoms with Crippen LogP contribution in [0.5, 0.6) is 0 Å². The first-order chi connectivity index (χ1) is 7.19. The van der Waals surface area contributed by atoms with Gasteiger partial charge < -0.3 is 9.94 Å². The highest BCUT2D eigenvalue weighted by molar-refractivity contribution is 6.43. The van der Waals surface area contributed by atoms with E-state index >= 15 is 0 Å². The van der Waals surface area contributed by atoms with E-state index < -0.39 is 11.8 Å². The lowest BCUT2D eigenvalue weighted by atomic mass is 10.1. The number of oxime groups is 1. The molecule has 0 fully saturated rings. The Morgan fingerprint density at radius 3 is 2.53 bits per heavy atom. The second kappa shape index (κ2) is 5.09. The van der Waals surface area contributed by atoms with Gasteiger partial charge in [0.15, 0.2) is 5.71 Å². The van der Waals surface area contributed by atoms with Crippen molar-refractivity contribution < 1.29 is 19.1 Å². The number of hydrogen-bond acceptors (Lipinski definition) is 4. The van der Waals surface area contributed by atoms with Crippen molar-refractivity contribution in [2.45, 2.75) is 6.92 Å². The summed E-state index contributed by atoms with van der Waals surface area (Å²) in [5, 5.41) is 11.5. The quantitative estimate of drug-likeness (QED) is 0.357. The topological polar surface area (TPSA) is 58.9 Å². The monoisotopic (exact) mass is 211 g/mol. The van der Waals surface area contributed by atoms with Gasteiger partial charge in [0, 0.05) is 5.56 Å². The maximum absolute atomic E-state index is 12.6. The number of carbonyl (C=O) groups is 1. The lowest BCUT2D eigenvalue weighted by Gasteiger charge is -2.03. The van der Waals surface area contributed by atoms with E-state index in [1.807, 2.05) is 0 Å². The molecule has 0 heterocycles. The summed E-state index contributed by atoms with van der Waals surface area (Å²) in [6.45, 7) is 1.82. The Labute approximate surface area is 86.0 Å². The van der Waals surface area contributed by atoms with Gasteiger partial charge in [0.1, 0.15) is 5.82 Å². The fraction of sp³-hybridized carbons (Fsp3) is 0.200. The fourth-order valence-corrected chi connectivity index (χ4v) is 1.02. The molecule has 0 aliphatic heterocycles. The minimum absolute atomic E-state index is 0.180. The van der Waals surface area contributed by atoms with Gasteiger partial charge in [-0.25, -0.2) is 9.18 Å². The molecular weight excluding hydrogens is 201 g/mol. The van der Waals surface area contributed by atoms with Crippen molar-refractivity contribution in [3.8, 4) is 0 Å². The van der Waals surface area contributed by atoms with E-state index in [1.165, 1.54) is 24.3 Å². The van der Waals surface area contributed by atoms with Gasteiger partial charge in [-0.2, -0.15) is 0 Å². The van der Waals surface area contributed by atoms with Crippen LogP contribution in [0.3, 0.4) is 0 Å². The average molecular weight is 211 g/mol. The maximum atomic E-state index is 12.6. The van der Waals surface area contributed by atoms with Crippen molar-refractivity contribution in [3.63, 3.8) is 0 Å². The predicted octanol–water partition coefficient (Wildman–Crippen LogP) is 1.57. The molecule has 0 spiro atoms. The summed E-state index contributed by atoms with van der Waals surface area (Å²) in [6, 6.07) is 5.00. The van der Waals surface area contributed by atoms with Gasteiger partial charge >= 0.3 is 5.97 Å². The number of halogens is 1. The van der Waals surface area contributed by atoms with Crippen LogP contribution in [0.15, 0.2) is 29.4 Å². The van der Waals surface area contributed by atoms with Crippen LogP contribution in [0.1, 0.15) is 12.5 Å². The number of benzene rings is 1. The molecule has 1 aromatic rings. The summed E-state index contributed by atoms with van der Waals surface area (Å²) in [4.78, 5) is 11.3. The van der Waals surface area contributed by atoms with Crippen LogP contribution < -0.4 is 0 Å². The van der Waals surface area contributed by atoms with Gasteiger partial charge in [-0.15, -0.1) is 0 Å². The van der Waals surface area contributed by atoms with Crippen molar-refractivity contribution in [3.05, 3.63) is 35.6 Å². The molecule has 0 amide bonds. The zero-order valence-electron chi connectivity index (χ0n) is 8.11. The number of hydrogen-bond donors (Lipinski definition) is 1. The fourth-order valence-electron chi connectivity index (χ4n) is 1.02. The highest BCUT2D eigenvalue weighted by Gasteiger charge is 2.15. The van der Waals surface area contributed by atoms with E-state index in [9.17, 15) is 9.18 Å². The van der Waals surface area contributed by atoms with Crippen LogP contribution in [0.25, 0.3) is 0 Å². The molecule has 0 unspecified atom stereocenters. The van der Waals surface area contributed by atoms with E-state index in [-0.39, 0.29) is 12.3 Å². The van der Waals surface area contributed by atoms with Gasteiger partial charge in [0.2, 0.25) is 0 Å². The molecule has 1 rings (SSSR count). The molecule has 0 saturated heterocycles. The van der Waals surface area contributed by atoms with Gasteiger partial charge in [-0.3, -0.25) is 0 Å². The van der Waals surface area contributed by atoms with Crippen molar-refractivity contribution >= 4 is 11.7 Å². The normalized spacial score (nSPS) is 11.2. The molecule has 0 radical (unpaired) electrons. The molecule has 0 saturated carbocycles. The van der Waals surface area contributed by atoms with Crippen LogP contribution >= 0.6 is 0 Å². The highest BCUT2D eigenvalue weighted by Crippen LogP contribution is 2.05. The molecule has 0 aliphatic carbocycles. The summed E-state index contributed by atoms with van der Waals surface area (Å²) < 4.78 is 17.2. The molecule has 0 bridgehead atoms. The number of ether oxygens (including phenoxy) is 1. The summed E-state index contributed by atoms with van der Waals surface area (Å²) in [7, 11) is 0. The summed E-state index contributed by atoms with van der Waals surface area (Å²) in [5.41, 5.74) is 0.0641. The zero-order chi connectivity index (χ0) is 11.3. The summed E-state index contributed by atoms with van der Waals surface area (Å²) >= 11 is 0. The first kappa shape index (κ1) is 11.2. The Bertz CT molecular complexity index is 373. The second-order valence-corrected chi connectivity index (χ2v) is 2.68. The zero-order valence-corrected chi connectivity index (χ0v) is 8.11. The van der Waals surface area contributed by atoms with E-state index in [4.69, 9.17) is 5.21 Å². The molecule has 80 valence electrons. The minimum atomic E-state index is -0.744. The van der Waals surface area contributed by atoms with Crippen LogP contribution in [-0.2, 0) is 9.53 Å². The standard InChI is InChI=1S/C10H10FNO3/c1-2-15-10(13)9(12-14)7-3-5-8(11)6-4-7/h3-6,14H,2H2,1H3. The molecule has 4 nitrogen and oxygen atoms in total. The SMILES string of the molecule is CCOC(=O)C(=NO)c1ccc(F)cc1. The Balaban J connectivity index is 2.94. The Kier molecular flexibility index (Phi) is 3.79. The number of nitrogens with zero attached hydrogens (tertiary/aromatic N) is 1. The first-order valence-corrected chi connectivity index (χ1v) is 4.34. The van der Waals surface area contributed by atoms with Crippen molar-refractivity contribution in [1.82, 2.24) is 0 Å². The van der Waals surface area contributed by atoms with E-state index in [1.54, 1.807) is 6.92 Å². The molecule has 0 aromatic heterocycles. The Hall–Kier alpha value is -1.91. The largest absolute Gasteiger partial charge is 0.461 e. The lowest BCUT2D eigenvalue weighted by Crippen LogP contribution is -2.18. The Morgan fingerprint density at radius 1 is 1.47 bits per heavy atom. The van der Waals surface area contributed by atoms with E-state index in [2.05, 4.69) is 9.89 Å². The third kappa shape index (κ3) is 2.77. The van der Waals surface area contributed by atoms with Crippen LogP contribution in [0, 0.1) is 5.82 Å². The molecule has 1 aromatic carbocycles. The van der Waals surface area contributed by atoms with E-state index in [0.29, 0.717) is 5.56 Å². The molecule has 5 heteroatoms. The summed E-state index contributed by atoms with van der Waals surface area (Å²) in [6.07, 6.45) is 0. The van der Waals surface area contributed by atoms with Crippen LogP contribution in [-0.4, -0.2) is 23.5 Å². The third-order valence-electron chi connectivity index (χ3n) is 1.69. The molecular formula is C10H10FNO3. The van der Waals surface area contributed by atoms with Crippen LogP contribution in [0.4, 0.5) is 4.39 Å². The van der Waals surface area contributed by atoms with Crippen molar-refractivity contribution in [1.29, 1.82) is 0 Å². The average Bonchev–Trinajstić information content (AvgIpc) is 2.22. The summed E-state index contributed by atoms with van der Waals surface area (Å²) in [5.74, 6) is -1.17. The second-order valence-electron chi connectivity index (χ2n) is 2.68. The van der Waals surface area contributed by atoms with E-state index in [0.717, 1.165) is 0 Å². The molecule has 0 aliphatic rings. The van der Waals surface area contributed by atoms with Gasteiger partial charge in [-0.1, -0.05) is 5.16 Å². The number of esters is 1. The number of carbonyl (C=O) groups excluding carboxylic acids is 1. The smallest absolute Gasteiger partial charge is 0.361 e. The molecule has 1 N–H and O–H groups in total. The van der Waals surface area contributed by atoms with Crippen molar-refractivity contribution in [2.75, 3.05) is 6.61 Å². The predicted molar refractivity (Wildman–Crippen MR) is 51.4 cm³/mol. The van der Waals surface area contributed by atoms with Crippen molar-refractivity contribution in [2.24, 2.45) is 5.16 Å². The highest BCUT2D eigenvalue weighted by atomic mass is 19.1. The maximum Gasteiger partial charge on any atom is 0.361 e. The van der Waals surface area contributed by atoms with Crippen LogP contribution in [0.2, 0.25) is 0 Å². The first-order valence-electron chi connectivity index (χ1n) is 4.34. The lowest BCUT2D eigenvalue weighted by molar-refractivity contribution is -0.135. The van der Waals surface area contributed by atoms with Gasteiger partial charge in [0.05, 0.1) is 6.61 Å². The molecule has 15 heavy (non-hydrogen) atoms. The van der Waals surface area contributed by atoms with Gasteiger partial charge in [0.25, 0.3) is 0 Å². The number of rotatable bonds is 3. The Morgan fingerprint density at radius 2 is 2.07 bits per heavy atom. The molecule has 0 atom stereocenters. The minimum Gasteiger partial charge on any atom is -0.461 e.